The summed E-state index contributed by atoms with van der Waals surface area (Å²) in [5.74, 6) is -3.99. The van der Waals surface area contributed by atoms with Gasteiger partial charge >= 0.3 is 11.9 Å². The van der Waals surface area contributed by atoms with E-state index in [0.717, 1.165) is 6.54 Å². The van der Waals surface area contributed by atoms with Crippen molar-refractivity contribution in [1.82, 2.24) is 10.6 Å². The Morgan fingerprint density at radius 2 is 1.64 bits per heavy atom. The molecule has 0 fully saturated rings. The molecule has 0 saturated heterocycles. The molecule has 0 aliphatic heterocycles. The predicted molar refractivity (Wildman–Crippen MR) is 50.2 cm³/mol. The summed E-state index contributed by atoms with van der Waals surface area (Å²) in [5.41, 5.74) is 0. The van der Waals surface area contributed by atoms with E-state index in [1.165, 1.54) is 0 Å². The van der Waals surface area contributed by atoms with Gasteiger partial charge in [-0.15, -0.1) is 0 Å². The fourth-order valence-electron chi connectivity index (χ4n) is 0.880. The first-order chi connectivity index (χ1) is 6.59. The number of carboxylic acid groups (broad SMARTS) is 2. The molecule has 0 saturated carbocycles. The molecule has 0 heterocycles. The summed E-state index contributed by atoms with van der Waals surface area (Å²) in [6.07, 6.45) is 0. The summed E-state index contributed by atoms with van der Waals surface area (Å²) in [4.78, 5) is 20.8. The van der Waals surface area contributed by atoms with E-state index in [2.05, 4.69) is 10.6 Å². The third-order valence-corrected chi connectivity index (χ3v) is 1.67. The van der Waals surface area contributed by atoms with Crippen molar-refractivity contribution in [3.05, 3.63) is 0 Å². The largest absolute Gasteiger partial charge is 0.481 e. The van der Waals surface area contributed by atoms with E-state index in [-0.39, 0.29) is 6.54 Å². The van der Waals surface area contributed by atoms with Gasteiger partial charge in [0.15, 0.2) is 5.92 Å². The van der Waals surface area contributed by atoms with E-state index < -0.39 is 17.9 Å². The fourth-order valence-corrected chi connectivity index (χ4v) is 0.880. The molecular weight excluding hydrogens is 188 g/mol. The Kier molecular flexibility index (Phi) is 6.69. The molecule has 6 heteroatoms. The molecule has 0 aromatic carbocycles. The maximum absolute atomic E-state index is 10.4. The van der Waals surface area contributed by atoms with Gasteiger partial charge < -0.3 is 20.8 Å². The van der Waals surface area contributed by atoms with Gasteiger partial charge in [0.05, 0.1) is 0 Å². The molecular formula is C8H16N2O4. The first-order valence-corrected chi connectivity index (χ1v) is 4.46. The molecule has 0 rings (SSSR count). The predicted octanol–water partition coefficient (Wildman–Crippen LogP) is -1.03. The summed E-state index contributed by atoms with van der Waals surface area (Å²) >= 11 is 0. The highest BCUT2D eigenvalue weighted by molar-refractivity contribution is 5.93. The first-order valence-electron chi connectivity index (χ1n) is 4.46. The Morgan fingerprint density at radius 3 is 2.07 bits per heavy atom. The number of carboxylic acids is 2. The first kappa shape index (κ1) is 12.9. The van der Waals surface area contributed by atoms with Crippen LogP contribution in [0.2, 0.25) is 0 Å². The SMILES string of the molecule is CCNCCNCC(C(=O)O)C(=O)O. The molecule has 0 spiro atoms. The number of likely N-dealkylation sites (N-methyl/N-ethyl adjacent to an activating group) is 1. The number of aliphatic carboxylic acids is 2. The average molecular weight is 204 g/mol. The van der Waals surface area contributed by atoms with Crippen molar-refractivity contribution in [3.8, 4) is 0 Å². The smallest absolute Gasteiger partial charge is 0.319 e. The molecule has 82 valence electrons. The third kappa shape index (κ3) is 5.50. The molecule has 0 amide bonds. The number of carbonyl (C=O) groups is 2. The third-order valence-electron chi connectivity index (χ3n) is 1.67. The van der Waals surface area contributed by atoms with E-state index in [1.54, 1.807) is 0 Å². The van der Waals surface area contributed by atoms with Crippen LogP contribution in [-0.2, 0) is 9.59 Å². The molecule has 0 aliphatic rings. The van der Waals surface area contributed by atoms with Gasteiger partial charge in [0, 0.05) is 19.6 Å². The number of nitrogens with one attached hydrogen (secondary N) is 2. The minimum Gasteiger partial charge on any atom is -0.481 e. The summed E-state index contributed by atoms with van der Waals surface area (Å²) < 4.78 is 0. The van der Waals surface area contributed by atoms with Crippen molar-refractivity contribution in [2.75, 3.05) is 26.2 Å². The van der Waals surface area contributed by atoms with Crippen LogP contribution in [0, 0.1) is 5.92 Å². The van der Waals surface area contributed by atoms with Crippen molar-refractivity contribution < 1.29 is 19.8 Å². The molecule has 4 N–H and O–H groups in total. The van der Waals surface area contributed by atoms with Gasteiger partial charge in [-0.05, 0) is 6.54 Å². The van der Waals surface area contributed by atoms with Crippen LogP contribution in [0.3, 0.4) is 0 Å². The maximum Gasteiger partial charge on any atom is 0.319 e. The van der Waals surface area contributed by atoms with Crippen LogP contribution in [0.5, 0.6) is 0 Å². The van der Waals surface area contributed by atoms with Gasteiger partial charge in [-0.1, -0.05) is 6.92 Å². The Balaban J connectivity index is 3.62. The summed E-state index contributed by atoms with van der Waals surface area (Å²) in [6.45, 7) is 4.00. The Hall–Kier alpha value is -1.14. The van der Waals surface area contributed by atoms with E-state index in [0.29, 0.717) is 13.1 Å². The highest BCUT2D eigenvalue weighted by Gasteiger charge is 2.24. The Morgan fingerprint density at radius 1 is 1.14 bits per heavy atom. The van der Waals surface area contributed by atoms with Crippen molar-refractivity contribution in [2.45, 2.75) is 6.92 Å². The van der Waals surface area contributed by atoms with Gasteiger partial charge in [-0.2, -0.15) is 0 Å². The molecule has 0 unspecified atom stereocenters. The molecule has 6 nitrogen and oxygen atoms in total. The Labute approximate surface area is 82.3 Å². The number of hydrogen-bond acceptors (Lipinski definition) is 4. The fraction of sp³-hybridized carbons (Fsp3) is 0.750. The van der Waals surface area contributed by atoms with E-state index >= 15 is 0 Å². The second kappa shape index (κ2) is 7.28. The molecule has 0 bridgehead atoms. The van der Waals surface area contributed by atoms with Crippen LogP contribution < -0.4 is 10.6 Å². The van der Waals surface area contributed by atoms with Crippen LogP contribution in [0.15, 0.2) is 0 Å². The molecule has 0 aromatic heterocycles. The highest BCUT2D eigenvalue weighted by atomic mass is 16.4. The van der Waals surface area contributed by atoms with Crippen LogP contribution in [0.25, 0.3) is 0 Å². The van der Waals surface area contributed by atoms with Gasteiger partial charge in [0.25, 0.3) is 0 Å². The minimum atomic E-state index is -1.36. The zero-order valence-corrected chi connectivity index (χ0v) is 8.12. The average Bonchev–Trinajstić information content (AvgIpc) is 2.09. The topological polar surface area (TPSA) is 98.7 Å². The monoisotopic (exact) mass is 204 g/mol. The quantitative estimate of drug-likeness (QED) is 0.298. The van der Waals surface area contributed by atoms with Crippen LogP contribution in [0.1, 0.15) is 6.92 Å². The number of hydrogen-bond donors (Lipinski definition) is 4. The van der Waals surface area contributed by atoms with Crippen molar-refractivity contribution in [3.63, 3.8) is 0 Å². The van der Waals surface area contributed by atoms with Crippen molar-refractivity contribution in [2.24, 2.45) is 5.92 Å². The summed E-state index contributed by atoms with van der Waals surface area (Å²) in [7, 11) is 0. The van der Waals surface area contributed by atoms with Crippen LogP contribution in [-0.4, -0.2) is 48.3 Å². The van der Waals surface area contributed by atoms with Crippen LogP contribution >= 0.6 is 0 Å². The zero-order chi connectivity index (χ0) is 11.0. The van der Waals surface area contributed by atoms with E-state index in [4.69, 9.17) is 10.2 Å². The van der Waals surface area contributed by atoms with Crippen molar-refractivity contribution in [1.29, 1.82) is 0 Å². The van der Waals surface area contributed by atoms with Gasteiger partial charge in [-0.25, -0.2) is 0 Å². The molecule has 0 aromatic rings. The lowest BCUT2D eigenvalue weighted by Gasteiger charge is -2.08. The molecule has 0 radical (unpaired) electrons. The highest BCUT2D eigenvalue weighted by Crippen LogP contribution is 1.94. The standard InChI is InChI=1S/C8H16N2O4/c1-2-9-3-4-10-5-6(7(11)12)8(13)14/h6,9-10H,2-5H2,1H3,(H,11,12)(H,13,14). The van der Waals surface area contributed by atoms with Gasteiger partial charge in [0.2, 0.25) is 0 Å². The lowest BCUT2D eigenvalue weighted by molar-refractivity contribution is -0.154. The summed E-state index contributed by atoms with van der Waals surface area (Å²) in [6, 6.07) is 0. The second-order valence-electron chi connectivity index (χ2n) is 2.79. The second-order valence-corrected chi connectivity index (χ2v) is 2.79. The molecule has 0 atom stereocenters. The van der Waals surface area contributed by atoms with Crippen LogP contribution in [0.4, 0.5) is 0 Å². The lowest BCUT2D eigenvalue weighted by Crippen LogP contribution is -2.37. The normalized spacial score (nSPS) is 10.4. The zero-order valence-electron chi connectivity index (χ0n) is 8.12. The Bertz CT molecular complexity index is 182. The van der Waals surface area contributed by atoms with E-state index in [9.17, 15) is 9.59 Å². The van der Waals surface area contributed by atoms with Crippen molar-refractivity contribution >= 4 is 11.9 Å². The molecule has 14 heavy (non-hydrogen) atoms. The maximum atomic E-state index is 10.4. The summed E-state index contributed by atoms with van der Waals surface area (Å²) in [5, 5.41) is 22.8. The minimum absolute atomic E-state index is 0.0456. The molecule has 0 aliphatic carbocycles. The number of rotatable bonds is 8. The van der Waals surface area contributed by atoms with Gasteiger partial charge in [0.1, 0.15) is 0 Å². The van der Waals surface area contributed by atoms with Gasteiger partial charge in [-0.3, -0.25) is 9.59 Å². The lowest BCUT2D eigenvalue weighted by atomic mass is 10.1. The van der Waals surface area contributed by atoms with E-state index in [1.807, 2.05) is 6.92 Å².